The van der Waals surface area contributed by atoms with Gasteiger partial charge in [-0.1, -0.05) is 25.5 Å². The fraction of sp³-hybridized carbons (Fsp3) is 0.300. The van der Waals surface area contributed by atoms with Crippen LogP contribution in [0.25, 0.3) is 22.1 Å². The molecule has 0 fully saturated rings. The third-order valence-corrected chi connectivity index (χ3v) is 4.72. The zero-order chi connectivity index (χ0) is 18.8. The average molecular weight is 364 g/mol. The summed E-state index contributed by atoms with van der Waals surface area (Å²) in [6.07, 6.45) is 5.74. The number of pyridine rings is 1. The van der Waals surface area contributed by atoms with E-state index in [4.69, 9.17) is 4.98 Å². The molecule has 4 aromatic rings. The Balaban J connectivity index is 1.78. The number of halogens is 1. The summed E-state index contributed by atoms with van der Waals surface area (Å²) in [6, 6.07) is 7.04. The predicted octanol–water partition coefficient (Wildman–Crippen LogP) is 4.56. The maximum atomic E-state index is 15.4. The van der Waals surface area contributed by atoms with Crippen molar-refractivity contribution in [2.24, 2.45) is 0 Å². The Morgan fingerprint density at radius 2 is 2.04 bits per heavy atom. The highest BCUT2D eigenvalue weighted by Gasteiger charge is 2.21. The van der Waals surface area contributed by atoms with E-state index in [1.165, 1.54) is 6.33 Å². The van der Waals surface area contributed by atoms with Gasteiger partial charge < -0.3 is 10.3 Å². The number of H-pyrrole nitrogens is 1. The maximum Gasteiger partial charge on any atom is 0.182 e. The SMILES string of the molecule is CCCCc1nc2ccccc2c(F)c1[C@H](C)Nc1ncnc2nc[nH]c12. The number of benzene rings is 1. The summed E-state index contributed by atoms with van der Waals surface area (Å²) >= 11 is 0. The van der Waals surface area contributed by atoms with Crippen molar-refractivity contribution < 1.29 is 4.39 Å². The molecule has 27 heavy (non-hydrogen) atoms. The quantitative estimate of drug-likeness (QED) is 0.524. The van der Waals surface area contributed by atoms with Crippen LogP contribution >= 0.6 is 0 Å². The first-order valence-electron chi connectivity index (χ1n) is 9.16. The van der Waals surface area contributed by atoms with Crippen LogP contribution in [0.5, 0.6) is 0 Å². The predicted molar refractivity (Wildman–Crippen MR) is 104 cm³/mol. The van der Waals surface area contributed by atoms with Crippen LogP contribution in [0.2, 0.25) is 0 Å². The first-order chi connectivity index (χ1) is 13.2. The molecule has 0 aliphatic rings. The molecular formula is C20H21FN6. The van der Waals surface area contributed by atoms with E-state index in [1.54, 1.807) is 12.4 Å². The van der Waals surface area contributed by atoms with Gasteiger partial charge in [0.15, 0.2) is 11.5 Å². The van der Waals surface area contributed by atoms with Crippen molar-refractivity contribution in [3.8, 4) is 0 Å². The van der Waals surface area contributed by atoms with Crippen molar-refractivity contribution in [2.45, 2.75) is 39.2 Å². The largest absolute Gasteiger partial charge is 0.361 e. The molecule has 4 rings (SSSR count). The summed E-state index contributed by atoms with van der Waals surface area (Å²) in [5.41, 5.74) is 3.35. The number of para-hydroxylation sites is 1. The molecule has 0 amide bonds. The minimum absolute atomic E-state index is 0.221. The molecule has 0 aliphatic carbocycles. The highest BCUT2D eigenvalue weighted by molar-refractivity contribution is 5.83. The molecule has 0 spiro atoms. The van der Waals surface area contributed by atoms with Crippen LogP contribution < -0.4 is 5.32 Å². The van der Waals surface area contributed by atoms with Gasteiger partial charge in [-0.2, -0.15) is 0 Å². The average Bonchev–Trinajstić information content (AvgIpc) is 3.16. The van der Waals surface area contributed by atoms with Crippen molar-refractivity contribution in [3.63, 3.8) is 0 Å². The molecule has 6 nitrogen and oxygen atoms in total. The van der Waals surface area contributed by atoms with Crippen LogP contribution in [0.1, 0.15) is 44.0 Å². The Bertz CT molecular complexity index is 1090. The molecule has 7 heteroatoms. The van der Waals surface area contributed by atoms with E-state index < -0.39 is 0 Å². The molecule has 3 heterocycles. The number of rotatable bonds is 6. The van der Waals surface area contributed by atoms with Gasteiger partial charge in [0.25, 0.3) is 0 Å². The maximum absolute atomic E-state index is 15.4. The van der Waals surface area contributed by atoms with Crippen LogP contribution in [0, 0.1) is 5.82 Å². The van der Waals surface area contributed by atoms with Crippen molar-refractivity contribution in [3.05, 3.63) is 54.0 Å². The molecule has 0 bridgehead atoms. The highest BCUT2D eigenvalue weighted by atomic mass is 19.1. The van der Waals surface area contributed by atoms with Crippen molar-refractivity contribution in [1.29, 1.82) is 0 Å². The number of hydrogen-bond acceptors (Lipinski definition) is 5. The number of imidazole rings is 1. The molecule has 3 aromatic heterocycles. The van der Waals surface area contributed by atoms with Gasteiger partial charge in [0.1, 0.15) is 17.7 Å². The number of fused-ring (bicyclic) bond motifs is 2. The van der Waals surface area contributed by atoms with Gasteiger partial charge in [0.2, 0.25) is 0 Å². The van der Waals surface area contributed by atoms with Crippen LogP contribution in [0.3, 0.4) is 0 Å². The number of aryl methyl sites for hydroxylation is 1. The van der Waals surface area contributed by atoms with E-state index in [2.05, 4.69) is 32.2 Å². The van der Waals surface area contributed by atoms with Gasteiger partial charge in [0.05, 0.1) is 17.9 Å². The molecule has 0 unspecified atom stereocenters. The minimum atomic E-state index is -0.310. The molecule has 0 saturated carbocycles. The molecule has 0 radical (unpaired) electrons. The lowest BCUT2D eigenvalue weighted by Crippen LogP contribution is -2.15. The highest BCUT2D eigenvalue weighted by Crippen LogP contribution is 2.30. The molecular weight excluding hydrogens is 343 g/mol. The van der Waals surface area contributed by atoms with Gasteiger partial charge in [-0.15, -0.1) is 0 Å². The lowest BCUT2D eigenvalue weighted by atomic mass is 9.99. The lowest BCUT2D eigenvalue weighted by molar-refractivity contribution is 0.600. The summed E-state index contributed by atoms with van der Waals surface area (Å²) in [6.45, 7) is 4.04. The molecule has 1 atom stereocenters. The Morgan fingerprint density at radius 1 is 1.19 bits per heavy atom. The number of unbranched alkanes of at least 4 members (excludes halogenated alkanes) is 1. The van der Waals surface area contributed by atoms with E-state index in [1.807, 2.05) is 25.1 Å². The Morgan fingerprint density at radius 3 is 2.89 bits per heavy atom. The third-order valence-electron chi connectivity index (χ3n) is 4.72. The Kier molecular flexibility index (Phi) is 4.66. The van der Waals surface area contributed by atoms with E-state index in [0.717, 1.165) is 25.0 Å². The van der Waals surface area contributed by atoms with E-state index in [9.17, 15) is 0 Å². The number of nitrogens with zero attached hydrogens (tertiary/aromatic N) is 4. The van der Waals surface area contributed by atoms with Crippen LogP contribution in [0.15, 0.2) is 36.9 Å². The number of aromatic nitrogens is 5. The fourth-order valence-corrected chi connectivity index (χ4v) is 3.36. The topological polar surface area (TPSA) is 79.4 Å². The van der Waals surface area contributed by atoms with E-state index >= 15 is 4.39 Å². The van der Waals surface area contributed by atoms with Gasteiger partial charge in [-0.3, -0.25) is 4.98 Å². The van der Waals surface area contributed by atoms with Crippen molar-refractivity contribution >= 4 is 27.9 Å². The number of anilines is 1. The van der Waals surface area contributed by atoms with Gasteiger partial charge in [-0.25, -0.2) is 19.3 Å². The molecule has 2 N–H and O–H groups in total. The van der Waals surface area contributed by atoms with Crippen LogP contribution in [-0.2, 0) is 6.42 Å². The monoisotopic (exact) mass is 364 g/mol. The summed E-state index contributed by atoms with van der Waals surface area (Å²) in [5.74, 6) is 0.376. The molecule has 138 valence electrons. The molecule has 1 aromatic carbocycles. The number of hydrogen-bond donors (Lipinski definition) is 2. The molecule has 0 aliphatic heterocycles. The van der Waals surface area contributed by atoms with Crippen molar-refractivity contribution in [2.75, 3.05) is 5.32 Å². The van der Waals surface area contributed by atoms with Gasteiger partial charge >= 0.3 is 0 Å². The minimum Gasteiger partial charge on any atom is -0.361 e. The normalized spacial score (nSPS) is 12.6. The van der Waals surface area contributed by atoms with Crippen molar-refractivity contribution in [1.82, 2.24) is 24.9 Å². The second kappa shape index (κ2) is 7.26. The zero-order valence-corrected chi connectivity index (χ0v) is 15.3. The third kappa shape index (κ3) is 3.20. The Labute approximate surface area is 156 Å². The number of aromatic amines is 1. The second-order valence-corrected chi connectivity index (χ2v) is 6.60. The first kappa shape index (κ1) is 17.3. The first-order valence-corrected chi connectivity index (χ1v) is 9.16. The Hall–Kier alpha value is -3.09. The second-order valence-electron chi connectivity index (χ2n) is 6.60. The van der Waals surface area contributed by atoms with Crippen LogP contribution in [0.4, 0.5) is 10.2 Å². The van der Waals surface area contributed by atoms with E-state index in [0.29, 0.717) is 33.4 Å². The summed E-state index contributed by atoms with van der Waals surface area (Å²) in [7, 11) is 0. The summed E-state index contributed by atoms with van der Waals surface area (Å²) in [4.78, 5) is 20.3. The van der Waals surface area contributed by atoms with Crippen LogP contribution in [-0.4, -0.2) is 24.9 Å². The van der Waals surface area contributed by atoms with Gasteiger partial charge in [0, 0.05) is 16.6 Å². The van der Waals surface area contributed by atoms with E-state index in [-0.39, 0.29) is 11.9 Å². The fourth-order valence-electron chi connectivity index (χ4n) is 3.36. The standard InChI is InChI=1S/C20H21FN6/c1-3-4-8-15-16(17(21)13-7-5-6-9-14(13)27-15)12(2)26-20-18-19(23-10-22-18)24-11-25-20/h5-7,9-12H,3-4,8H2,1-2H3,(H2,22,23,24,25,26)/t12-/m0/s1. The summed E-state index contributed by atoms with van der Waals surface area (Å²) < 4.78 is 15.4. The smallest absolute Gasteiger partial charge is 0.182 e. The lowest BCUT2D eigenvalue weighted by Gasteiger charge is -2.20. The van der Waals surface area contributed by atoms with Gasteiger partial charge in [-0.05, 0) is 31.9 Å². The zero-order valence-electron chi connectivity index (χ0n) is 15.3. The summed E-state index contributed by atoms with van der Waals surface area (Å²) in [5, 5.41) is 3.85. The molecule has 0 saturated heterocycles. The number of nitrogens with one attached hydrogen (secondary N) is 2.